The van der Waals surface area contributed by atoms with E-state index >= 15 is 0 Å². The average molecular weight is 317 g/mol. The van der Waals surface area contributed by atoms with Gasteiger partial charge in [0.2, 0.25) is 5.75 Å². The molecule has 0 fully saturated rings. The molecule has 0 saturated heterocycles. The maximum Gasteiger partial charge on any atom is 0.280 e. The Morgan fingerprint density at radius 1 is 1.00 bits per heavy atom. The summed E-state index contributed by atoms with van der Waals surface area (Å²) in [5.41, 5.74) is -0.0631. The summed E-state index contributed by atoms with van der Waals surface area (Å²) in [6, 6.07) is 8.68. The number of benzene rings is 2. The Labute approximate surface area is 132 Å². The van der Waals surface area contributed by atoms with Gasteiger partial charge in [0.1, 0.15) is 5.56 Å². The first-order valence-electron chi connectivity index (χ1n) is 6.61. The number of ketones is 1. The molecule has 0 N–H and O–H groups in total. The molecular weight excluding hydrogens is 302 g/mol. The van der Waals surface area contributed by atoms with Gasteiger partial charge in [-0.05, 0) is 18.2 Å². The summed E-state index contributed by atoms with van der Waals surface area (Å²) in [5.74, 6) is 0.438. The molecule has 23 heavy (non-hydrogen) atoms. The SMILES string of the molecule is COc1cc(C(=O)c2ccccc2[N+](=O)[O-])cc(OC)c1OC. The highest BCUT2D eigenvalue weighted by Crippen LogP contribution is 2.39. The molecule has 7 heteroatoms. The van der Waals surface area contributed by atoms with Crippen LogP contribution < -0.4 is 14.2 Å². The molecular formula is C16H15NO6. The van der Waals surface area contributed by atoms with Crippen molar-refractivity contribution < 1.29 is 23.9 Å². The third-order valence-electron chi connectivity index (χ3n) is 3.27. The lowest BCUT2D eigenvalue weighted by atomic mass is 10.0. The van der Waals surface area contributed by atoms with Gasteiger partial charge < -0.3 is 14.2 Å². The fourth-order valence-corrected chi connectivity index (χ4v) is 2.19. The number of carbonyl (C=O) groups is 1. The van der Waals surface area contributed by atoms with Crippen LogP contribution in [0.3, 0.4) is 0 Å². The standard InChI is InChI=1S/C16H15NO6/c1-21-13-8-10(9-14(22-2)16(13)23-3)15(18)11-6-4-5-7-12(11)17(19)20/h4-9H,1-3H3. The molecule has 0 aliphatic rings. The van der Waals surface area contributed by atoms with Crippen LogP contribution in [-0.2, 0) is 0 Å². The van der Waals surface area contributed by atoms with Gasteiger partial charge >= 0.3 is 0 Å². The van der Waals surface area contributed by atoms with Crippen LogP contribution in [0.1, 0.15) is 15.9 Å². The monoisotopic (exact) mass is 317 g/mol. The predicted octanol–water partition coefficient (Wildman–Crippen LogP) is 2.85. The number of methoxy groups -OCH3 is 3. The second-order valence-electron chi connectivity index (χ2n) is 4.52. The number of para-hydroxylation sites is 1. The quantitative estimate of drug-likeness (QED) is 0.462. The topological polar surface area (TPSA) is 87.9 Å². The number of hydrogen-bond acceptors (Lipinski definition) is 6. The van der Waals surface area contributed by atoms with Crippen LogP contribution in [0.15, 0.2) is 36.4 Å². The van der Waals surface area contributed by atoms with Crippen molar-refractivity contribution in [2.24, 2.45) is 0 Å². The number of hydrogen-bond donors (Lipinski definition) is 0. The van der Waals surface area contributed by atoms with E-state index in [0.29, 0.717) is 17.2 Å². The molecule has 0 aliphatic heterocycles. The minimum Gasteiger partial charge on any atom is -0.493 e. The van der Waals surface area contributed by atoms with Crippen molar-refractivity contribution >= 4 is 11.5 Å². The molecule has 0 heterocycles. The number of carbonyl (C=O) groups excluding carboxylic acids is 1. The first-order valence-corrected chi connectivity index (χ1v) is 6.61. The summed E-state index contributed by atoms with van der Waals surface area (Å²) < 4.78 is 15.6. The Kier molecular flexibility index (Phi) is 4.80. The Hall–Kier alpha value is -3.09. The van der Waals surface area contributed by atoms with Crippen molar-refractivity contribution in [3.8, 4) is 17.2 Å². The van der Waals surface area contributed by atoms with E-state index in [1.54, 1.807) is 6.07 Å². The third-order valence-corrected chi connectivity index (χ3v) is 3.27. The summed E-state index contributed by atoms with van der Waals surface area (Å²) in [7, 11) is 4.30. The van der Waals surface area contributed by atoms with Gasteiger partial charge in [0.15, 0.2) is 17.3 Å². The number of nitro groups is 1. The fourth-order valence-electron chi connectivity index (χ4n) is 2.19. The third kappa shape index (κ3) is 3.08. The first kappa shape index (κ1) is 16.3. The van der Waals surface area contributed by atoms with Crippen molar-refractivity contribution in [1.29, 1.82) is 0 Å². The second-order valence-corrected chi connectivity index (χ2v) is 4.52. The molecule has 0 saturated carbocycles. The largest absolute Gasteiger partial charge is 0.493 e. The van der Waals surface area contributed by atoms with E-state index < -0.39 is 10.7 Å². The van der Waals surface area contributed by atoms with Gasteiger partial charge in [-0.3, -0.25) is 14.9 Å². The van der Waals surface area contributed by atoms with Crippen LogP contribution in [0.4, 0.5) is 5.69 Å². The summed E-state index contributed by atoms with van der Waals surface area (Å²) in [4.78, 5) is 23.1. The molecule has 2 aromatic rings. The molecule has 7 nitrogen and oxygen atoms in total. The van der Waals surface area contributed by atoms with E-state index in [0.717, 1.165) is 0 Å². The van der Waals surface area contributed by atoms with Gasteiger partial charge in [-0.1, -0.05) is 12.1 Å². The Balaban J connectivity index is 2.59. The minimum absolute atomic E-state index is 0.00762. The Morgan fingerprint density at radius 3 is 2.04 bits per heavy atom. The molecule has 2 rings (SSSR count). The van der Waals surface area contributed by atoms with E-state index in [1.165, 1.54) is 51.7 Å². The zero-order chi connectivity index (χ0) is 17.0. The molecule has 0 amide bonds. The van der Waals surface area contributed by atoms with E-state index in [1.807, 2.05) is 0 Å². The zero-order valence-electron chi connectivity index (χ0n) is 12.9. The van der Waals surface area contributed by atoms with Crippen LogP contribution in [0.5, 0.6) is 17.2 Å². The van der Waals surface area contributed by atoms with Crippen LogP contribution >= 0.6 is 0 Å². The number of ether oxygens (including phenoxy) is 3. The molecule has 0 radical (unpaired) electrons. The van der Waals surface area contributed by atoms with Crippen LogP contribution in [0, 0.1) is 10.1 Å². The van der Waals surface area contributed by atoms with Gasteiger partial charge in [-0.25, -0.2) is 0 Å². The number of nitro benzene ring substituents is 1. The van der Waals surface area contributed by atoms with E-state index in [4.69, 9.17) is 14.2 Å². The first-order chi connectivity index (χ1) is 11.0. The van der Waals surface area contributed by atoms with Gasteiger partial charge in [-0.2, -0.15) is 0 Å². The lowest BCUT2D eigenvalue weighted by Crippen LogP contribution is -2.07. The molecule has 0 bridgehead atoms. The predicted molar refractivity (Wildman–Crippen MR) is 82.6 cm³/mol. The van der Waals surface area contributed by atoms with Crippen molar-refractivity contribution in [1.82, 2.24) is 0 Å². The van der Waals surface area contributed by atoms with Gasteiger partial charge in [0.05, 0.1) is 26.3 Å². The molecule has 120 valence electrons. The van der Waals surface area contributed by atoms with E-state index in [-0.39, 0.29) is 16.8 Å². The summed E-state index contributed by atoms with van der Waals surface area (Å²) in [5, 5.41) is 11.1. The summed E-state index contributed by atoms with van der Waals surface area (Å²) in [6.45, 7) is 0. The van der Waals surface area contributed by atoms with E-state index in [2.05, 4.69) is 0 Å². The highest BCUT2D eigenvalue weighted by molar-refractivity contribution is 6.12. The number of nitrogens with zero attached hydrogens (tertiary/aromatic N) is 1. The fraction of sp³-hybridized carbons (Fsp3) is 0.188. The minimum atomic E-state index is -0.592. The molecule has 0 atom stereocenters. The highest BCUT2D eigenvalue weighted by atomic mass is 16.6. The van der Waals surface area contributed by atoms with Crippen LogP contribution in [-0.4, -0.2) is 32.0 Å². The molecule has 0 unspecified atom stereocenters. The van der Waals surface area contributed by atoms with Gasteiger partial charge in [-0.15, -0.1) is 0 Å². The highest BCUT2D eigenvalue weighted by Gasteiger charge is 2.23. The maximum absolute atomic E-state index is 12.7. The van der Waals surface area contributed by atoms with Crippen molar-refractivity contribution in [2.45, 2.75) is 0 Å². The normalized spacial score (nSPS) is 10.0. The number of rotatable bonds is 6. The summed E-state index contributed by atoms with van der Waals surface area (Å²) >= 11 is 0. The second kappa shape index (κ2) is 6.78. The van der Waals surface area contributed by atoms with Crippen molar-refractivity contribution in [3.63, 3.8) is 0 Å². The molecule has 0 spiro atoms. The van der Waals surface area contributed by atoms with Crippen molar-refractivity contribution in [3.05, 3.63) is 57.6 Å². The summed E-state index contributed by atoms with van der Waals surface area (Å²) in [6.07, 6.45) is 0. The van der Waals surface area contributed by atoms with Crippen LogP contribution in [0.2, 0.25) is 0 Å². The van der Waals surface area contributed by atoms with Gasteiger partial charge in [0, 0.05) is 11.6 Å². The van der Waals surface area contributed by atoms with Gasteiger partial charge in [0.25, 0.3) is 5.69 Å². The maximum atomic E-state index is 12.7. The smallest absolute Gasteiger partial charge is 0.280 e. The molecule has 2 aromatic carbocycles. The zero-order valence-corrected chi connectivity index (χ0v) is 12.9. The lowest BCUT2D eigenvalue weighted by molar-refractivity contribution is -0.385. The Morgan fingerprint density at radius 2 is 1.57 bits per heavy atom. The Bertz CT molecular complexity index is 731. The molecule has 0 aliphatic carbocycles. The van der Waals surface area contributed by atoms with E-state index in [9.17, 15) is 14.9 Å². The lowest BCUT2D eigenvalue weighted by Gasteiger charge is -2.13. The van der Waals surface area contributed by atoms with Crippen molar-refractivity contribution in [2.75, 3.05) is 21.3 Å². The average Bonchev–Trinajstić information content (AvgIpc) is 2.59. The van der Waals surface area contributed by atoms with Crippen LogP contribution in [0.25, 0.3) is 0 Å². The molecule has 0 aromatic heterocycles.